The molecule has 1 heterocycles. The Morgan fingerprint density at radius 1 is 1.37 bits per heavy atom. The smallest absolute Gasteiger partial charge is 0.251 e. The van der Waals surface area contributed by atoms with Gasteiger partial charge >= 0.3 is 0 Å². The van der Waals surface area contributed by atoms with Gasteiger partial charge in [0.15, 0.2) is 0 Å². The summed E-state index contributed by atoms with van der Waals surface area (Å²) in [6.07, 6.45) is 2.63. The number of carbonyl (C=O) groups is 1. The van der Waals surface area contributed by atoms with Gasteiger partial charge in [0.1, 0.15) is 0 Å². The highest BCUT2D eigenvalue weighted by Crippen LogP contribution is 2.11. The van der Waals surface area contributed by atoms with Crippen LogP contribution in [0.1, 0.15) is 25.8 Å². The molecular weight excluding hydrogens is 258 g/mol. The number of thiazole rings is 1. The first-order valence-electron chi connectivity index (χ1n) is 6.17. The maximum absolute atomic E-state index is 11.9. The highest BCUT2D eigenvalue weighted by Gasteiger charge is 2.06. The molecule has 0 radical (unpaired) electrons. The van der Waals surface area contributed by atoms with Crippen LogP contribution in [0, 0.1) is 6.92 Å². The van der Waals surface area contributed by atoms with Crippen LogP contribution in [0.5, 0.6) is 0 Å². The fourth-order valence-corrected chi connectivity index (χ4v) is 2.48. The van der Waals surface area contributed by atoms with E-state index in [1.807, 2.05) is 31.2 Å². The van der Waals surface area contributed by atoms with E-state index in [9.17, 15) is 4.79 Å². The van der Waals surface area contributed by atoms with Crippen LogP contribution in [0.3, 0.4) is 0 Å². The van der Waals surface area contributed by atoms with Crippen molar-refractivity contribution in [3.63, 3.8) is 0 Å². The Bertz CT molecular complexity index is 548. The molecule has 0 unspecified atom stereocenters. The molecule has 0 fully saturated rings. The largest absolute Gasteiger partial charge is 0.347 e. The van der Waals surface area contributed by atoms with Gasteiger partial charge in [0.25, 0.3) is 5.91 Å². The lowest BCUT2D eigenvalue weighted by molar-refractivity contribution is 0.0951. The number of nitrogens with zero attached hydrogens (tertiary/aromatic N) is 1. The zero-order valence-electron chi connectivity index (χ0n) is 10.8. The molecule has 1 aromatic carbocycles. The van der Waals surface area contributed by atoms with Crippen molar-refractivity contribution in [1.82, 2.24) is 10.3 Å². The lowest BCUT2D eigenvalue weighted by Gasteiger charge is -2.04. The lowest BCUT2D eigenvalue weighted by atomic mass is 10.1. The van der Waals surface area contributed by atoms with Crippen LogP contribution in [-0.4, -0.2) is 17.4 Å². The van der Waals surface area contributed by atoms with Crippen LogP contribution in [0.25, 0.3) is 0 Å². The molecule has 0 aliphatic rings. The summed E-state index contributed by atoms with van der Waals surface area (Å²) in [6.45, 7) is 3.09. The van der Waals surface area contributed by atoms with Gasteiger partial charge in [0.2, 0.25) is 0 Å². The SMILES string of the molecule is Cc1ncc(CNC(=O)c2ccc(CCN)cc2)s1. The lowest BCUT2D eigenvalue weighted by Crippen LogP contribution is -2.22. The number of aryl methyl sites for hydroxylation is 1. The minimum absolute atomic E-state index is 0.0645. The summed E-state index contributed by atoms with van der Waals surface area (Å²) in [5.74, 6) is -0.0645. The maximum Gasteiger partial charge on any atom is 0.251 e. The normalized spacial score (nSPS) is 10.4. The fourth-order valence-electron chi connectivity index (χ4n) is 1.75. The van der Waals surface area contributed by atoms with Gasteiger partial charge in [0, 0.05) is 16.6 Å². The average molecular weight is 275 g/mol. The summed E-state index contributed by atoms with van der Waals surface area (Å²) in [7, 11) is 0. The minimum atomic E-state index is -0.0645. The van der Waals surface area contributed by atoms with E-state index in [1.54, 1.807) is 17.5 Å². The van der Waals surface area contributed by atoms with E-state index in [0.29, 0.717) is 18.7 Å². The number of rotatable bonds is 5. The Labute approximate surface area is 116 Å². The first-order chi connectivity index (χ1) is 9.19. The second-order valence-corrected chi connectivity index (χ2v) is 5.58. The predicted octanol–water partition coefficient (Wildman–Crippen LogP) is 1.88. The quantitative estimate of drug-likeness (QED) is 0.875. The van der Waals surface area contributed by atoms with Gasteiger partial charge < -0.3 is 11.1 Å². The molecule has 5 heteroatoms. The van der Waals surface area contributed by atoms with Crippen LogP contribution < -0.4 is 11.1 Å². The summed E-state index contributed by atoms with van der Waals surface area (Å²) in [6, 6.07) is 7.55. The van der Waals surface area contributed by atoms with Gasteiger partial charge in [-0.05, 0) is 37.6 Å². The third kappa shape index (κ3) is 3.87. The van der Waals surface area contributed by atoms with Crippen molar-refractivity contribution in [3.05, 3.63) is 51.5 Å². The zero-order chi connectivity index (χ0) is 13.7. The molecular formula is C14H17N3OS. The van der Waals surface area contributed by atoms with Crippen LogP contribution in [0.2, 0.25) is 0 Å². The van der Waals surface area contributed by atoms with Crippen LogP contribution in [-0.2, 0) is 13.0 Å². The van der Waals surface area contributed by atoms with Crippen molar-refractivity contribution in [2.24, 2.45) is 5.73 Å². The van der Waals surface area contributed by atoms with E-state index in [2.05, 4.69) is 10.3 Å². The highest BCUT2D eigenvalue weighted by molar-refractivity contribution is 7.11. The monoisotopic (exact) mass is 275 g/mol. The van der Waals surface area contributed by atoms with Crippen molar-refractivity contribution < 1.29 is 4.79 Å². The molecule has 4 nitrogen and oxygen atoms in total. The van der Waals surface area contributed by atoms with E-state index in [-0.39, 0.29) is 5.91 Å². The first-order valence-corrected chi connectivity index (χ1v) is 6.99. The van der Waals surface area contributed by atoms with Gasteiger partial charge in [-0.3, -0.25) is 4.79 Å². The molecule has 100 valence electrons. The molecule has 1 amide bonds. The van der Waals surface area contributed by atoms with Gasteiger partial charge in [0.05, 0.1) is 11.6 Å². The number of hydrogen-bond acceptors (Lipinski definition) is 4. The molecule has 0 aliphatic carbocycles. The topological polar surface area (TPSA) is 68.0 Å². The fraction of sp³-hybridized carbons (Fsp3) is 0.286. The van der Waals surface area contributed by atoms with Crippen molar-refractivity contribution in [2.45, 2.75) is 19.9 Å². The third-order valence-electron chi connectivity index (χ3n) is 2.74. The molecule has 2 rings (SSSR count). The van der Waals surface area contributed by atoms with Crippen molar-refractivity contribution in [3.8, 4) is 0 Å². The summed E-state index contributed by atoms with van der Waals surface area (Å²) < 4.78 is 0. The molecule has 0 saturated carbocycles. The standard InChI is InChI=1S/C14H17N3OS/c1-10-16-8-13(19-10)9-17-14(18)12-4-2-11(3-5-12)6-7-15/h2-5,8H,6-7,9,15H2,1H3,(H,17,18). The van der Waals surface area contributed by atoms with Crippen molar-refractivity contribution in [1.29, 1.82) is 0 Å². The van der Waals surface area contributed by atoms with Crippen molar-refractivity contribution in [2.75, 3.05) is 6.54 Å². The number of benzene rings is 1. The first kappa shape index (κ1) is 13.7. The number of nitrogens with two attached hydrogens (primary N) is 1. The van der Waals surface area contributed by atoms with E-state index in [4.69, 9.17) is 5.73 Å². The molecule has 3 N–H and O–H groups in total. The van der Waals surface area contributed by atoms with E-state index >= 15 is 0 Å². The molecule has 0 aliphatic heterocycles. The Kier molecular flexibility index (Phi) is 4.65. The number of carbonyl (C=O) groups excluding carboxylic acids is 1. The number of aromatic nitrogens is 1. The summed E-state index contributed by atoms with van der Waals surface area (Å²) in [4.78, 5) is 17.2. The number of hydrogen-bond donors (Lipinski definition) is 2. The summed E-state index contributed by atoms with van der Waals surface area (Å²) in [5.41, 5.74) is 7.31. The predicted molar refractivity (Wildman–Crippen MR) is 77.2 cm³/mol. The Morgan fingerprint density at radius 2 is 2.11 bits per heavy atom. The Balaban J connectivity index is 1.92. The van der Waals surface area contributed by atoms with Crippen LogP contribution in [0.15, 0.2) is 30.5 Å². The second kappa shape index (κ2) is 6.45. The number of amides is 1. The second-order valence-electron chi connectivity index (χ2n) is 4.26. The van der Waals surface area contributed by atoms with E-state index in [0.717, 1.165) is 21.9 Å². The number of nitrogens with one attached hydrogen (secondary N) is 1. The molecule has 2 aromatic rings. The van der Waals surface area contributed by atoms with Crippen LogP contribution >= 0.6 is 11.3 Å². The summed E-state index contributed by atoms with van der Waals surface area (Å²) in [5, 5.41) is 3.90. The zero-order valence-corrected chi connectivity index (χ0v) is 11.7. The van der Waals surface area contributed by atoms with Gasteiger partial charge in [-0.15, -0.1) is 11.3 Å². The van der Waals surface area contributed by atoms with Gasteiger partial charge in [-0.1, -0.05) is 12.1 Å². The Hall–Kier alpha value is -1.72. The van der Waals surface area contributed by atoms with Crippen LogP contribution in [0.4, 0.5) is 0 Å². The van der Waals surface area contributed by atoms with Gasteiger partial charge in [-0.25, -0.2) is 4.98 Å². The molecule has 0 bridgehead atoms. The third-order valence-corrected chi connectivity index (χ3v) is 3.65. The highest BCUT2D eigenvalue weighted by atomic mass is 32.1. The summed E-state index contributed by atoms with van der Waals surface area (Å²) >= 11 is 1.59. The maximum atomic E-state index is 11.9. The molecule has 19 heavy (non-hydrogen) atoms. The van der Waals surface area contributed by atoms with Crippen molar-refractivity contribution >= 4 is 17.2 Å². The van der Waals surface area contributed by atoms with Gasteiger partial charge in [-0.2, -0.15) is 0 Å². The average Bonchev–Trinajstić information content (AvgIpc) is 2.83. The molecule has 0 atom stereocenters. The Morgan fingerprint density at radius 3 is 2.68 bits per heavy atom. The van der Waals surface area contributed by atoms with E-state index in [1.165, 1.54) is 0 Å². The minimum Gasteiger partial charge on any atom is -0.347 e. The molecule has 1 aromatic heterocycles. The van der Waals surface area contributed by atoms with E-state index < -0.39 is 0 Å². The molecule has 0 spiro atoms. The molecule has 0 saturated heterocycles.